The molecule has 35 heavy (non-hydrogen) atoms. The smallest absolute Gasteiger partial charge is 0.416 e. The molecule has 2 amide bonds. The normalized spacial score (nSPS) is 11.4. The van der Waals surface area contributed by atoms with Crippen LogP contribution >= 0.6 is 0 Å². The van der Waals surface area contributed by atoms with E-state index >= 15 is 0 Å². The first-order chi connectivity index (χ1) is 16.8. The van der Waals surface area contributed by atoms with Crippen LogP contribution in [-0.2, 0) is 6.18 Å². The zero-order valence-electron chi connectivity index (χ0n) is 17.7. The number of nitrogens with zero attached hydrogens (tertiary/aromatic N) is 4. The molecule has 2 heterocycles. The fraction of sp³-hybridized carbons (Fsp3) is 0.0435. The molecule has 9 nitrogen and oxygen atoms in total. The number of amides is 2. The molecule has 0 aliphatic carbocycles. The number of aromatic nitrogens is 5. The van der Waals surface area contributed by atoms with E-state index in [1.54, 1.807) is 36.7 Å². The highest BCUT2D eigenvalue weighted by Gasteiger charge is 2.31. The SMILES string of the molecule is O=C(Nc1ccc(Oc2ccc3nc[nH]c3c2)cc1)Nc1cc(C(F)(F)F)ccc1-n1cncn1. The number of imidazole rings is 1. The first kappa shape index (κ1) is 21.9. The second-order valence-electron chi connectivity index (χ2n) is 7.36. The lowest BCUT2D eigenvalue weighted by atomic mass is 10.1. The predicted molar refractivity (Wildman–Crippen MR) is 122 cm³/mol. The summed E-state index contributed by atoms with van der Waals surface area (Å²) in [4.78, 5) is 23.5. The van der Waals surface area contributed by atoms with E-state index in [1.165, 1.54) is 23.4 Å². The Kier molecular flexibility index (Phi) is 5.53. The number of nitrogens with one attached hydrogen (secondary N) is 3. The van der Waals surface area contributed by atoms with Crippen LogP contribution in [0.25, 0.3) is 16.7 Å². The Balaban J connectivity index is 1.29. The molecule has 0 radical (unpaired) electrons. The molecule has 0 unspecified atom stereocenters. The number of urea groups is 1. The van der Waals surface area contributed by atoms with Gasteiger partial charge in [0.2, 0.25) is 0 Å². The van der Waals surface area contributed by atoms with Gasteiger partial charge in [-0.15, -0.1) is 0 Å². The lowest BCUT2D eigenvalue weighted by Gasteiger charge is -2.15. The van der Waals surface area contributed by atoms with Crippen LogP contribution in [0.3, 0.4) is 0 Å². The molecular weight excluding hydrogens is 463 g/mol. The topological polar surface area (TPSA) is 110 Å². The van der Waals surface area contributed by atoms with Crippen LogP contribution in [0.1, 0.15) is 5.56 Å². The average Bonchev–Trinajstić information content (AvgIpc) is 3.52. The number of hydrogen-bond donors (Lipinski definition) is 3. The standard InChI is InChI=1S/C23H16F3N7O2/c24-23(25,26)14-1-8-21(33-13-27-11-30-33)20(9-14)32-22(34)31-15-2-4-16(5-3-15)35-17-6-7-18-19(10-17)29-12-28-18/h1-13H,(H,28,29)(H2,31,32,34). The van der Waals surface area contributed by atoms with Crippen molar-refractivity contribution in [1.82, 2.24) is 24.7 Å². The Labute approximate surface area is 195 Å². The van der Waals surface area contributed by atoms with Gasteiger partial charge in [0.05, 0.1) is 34.3 Å². The van der Waals surface area contributed by atoms with E-state index in [4.69, 9.17) is 4.74 Å². The number of H-pyrrole nitrogens is 1. The van der Waals surface area contributed by atoms with Crippen LogP contribution in [0.15, 0.2) is 79.6 Å². The van der Waals surface area contributed by atoms with Crippen molar-refractivity contribution in [2.45, 2.75) is 6.18 Å². The largest absolute Gasteiger partial charge is 0.457 e. The summed E-state index contributed by atoms with van der Waals surface area (Å²) in [6.45, 7) is 0. The molecule has 5 rings (SSSR count). The quantitative estimate of drug-likeness (QED) is 0.304. The molecule has 3 aromatic carbocycles. The van der Waals surface area contributed by atoms with Crippen molar-refractivity contribution < 1.29 is 22.7 Å². The van der Waals surface area contributed by atoms with E-state index in [9.17, 15) is 18.0 Å². The Morgan fingerprint density at radius 3 is 2.51 bits per heavy atom. The summed E-state index contributed by atoms with van der Waals surface area (Å²) < 4.78 is 46.7. The van der Waals surface area contributed by atoms with Crippen LogP contribution in [-0.4, -0.2) is 30.8 Å². The van der Waals surface area contributed by atoms with Gasteiger partial charge in [0.15, 0.2) is 0 Å². The molecular formula is C23H16F3N7O2. The van der Waals surface area contributed by atoms with E-state index in [1.807, 2.05) is 12.1 Å². The fourth-order valence-electron chi connectivity index (χ4n) is 3.35. The number of alkyl halides is 3. The van der Waals surface area contributed by atoms with Crippen molar-refractivity contribution in [3.8, 4) is 17.2 Å². The van der Waals surface area contributed by atoms with Crippen LogP contribution in [0, 0.1) is 0 Å². The van der Waals surface area contributed by atoms with Crippen molar-refractivity contribution in [1.29, 1.82) is 0 Å². The van der Waals surface area contributed by atoms with Gasteiger partial charge in [-0.3, -0.25) is 0 Å². The van der Waals surface area contributed by atoms with Crippen LogP contribution in [0.4, 0.5) is 29.3 Å². The molecule has 5 aromatic rings. The first-order valence-electron chi connectivity index (χ1n) is 10.2. The lowest BCUT2D eigenvalue weighted by molar-refractivity contribution is -0.137. The van der Waals surface area contributed by atoms with Gasteiger partial charge >= 0.3 is 12.2 Å². The van der Waals surface area contributed by atoms with E-state index in [0.29, 0.717) is 17.2 Å². The number of hydrogen-bond acceptors (Lipinski definition) is 5. The van der Waals surface area contributed by atoms with Gasteiger partial charge in [0.25, 0.3) is 0 Å². The zero-order valence-corrected chi connectivity index (χ0v) is 17.7. The molecule has 3 N–H and O–H groups in total. The number of halogens is 3. The molecule has 0 fully saturated rings. The van der Waals surface area contributed by atoms with Gasteiger partial charge in [-0.25, -0.2) is 19.4 Å². The van der Waals surface area contributed by atoms with Crippen molar-refractivity contribution in [2.75, 3.05) is 10.6 Å². The molecule has 0 saturated carbocycles. The number of benzene rings is 3. The Bertz CT molecular complexity index is 1480. The second kappa shape index (κ2) is 8.82. The molecule has 0 saturated heterocycles. The number of carbonyl (C=O) groups excluding carboxylic acids is 1. The maximum Gasteiger partial charge on any atom is 0.416 e. The average molecular weight is 479 g/mol. The molecule has 0 aliphatic heterocycles. The number of anilines is 2. The summed E-state index contributed by atoms with van der Waals surface area (Å²) in [5.41, 5.74) is 1.29. The van der Waals surface area contributed by atoms with Gasteiger partial charge in [-0.05, 0) is 54.6 Å². The Hall–Kier alpha value is -4.87. The van der Waals surface area contributed by atoms with E-state index < -0.39 is 17.8 Å². The highest BCUT2D eigenvalue weighted by atomic mass is 19.4. The summed E-state index contributed by atoms with van der Waals surface area (Å²) >= 11 is 0. The van der Waals surface area contributed by atoms with Crippen molar-refractivity contribution in [2.24, 2.45) is 0 Å². The molecule has 0 aliphatic rings. The molecule has 0 spiro atoms. The van der Waals surface area contributed by atoms with Gasteiger partial charge in [-0.2, -0.15) is 18.3 Å². The maximum atomic E-state index is 13.2. The number of aromatic amines is 1. The number of ether oxygens (including phenoxy) is 1. The Morgan fingerprint density at radius 2 is 1.77 bits per heavy atom. The van der Waals surface area contributed by atoms with E-state index in [2.05, 4.69) is 30.7 Å². The third-order valence-corrected chi connectivity index (χ3v) is 4.98. The van der Waals surface area contributed by atoms with Crippen molar-refractivity contribution in [3.63, 3.8) is 0 Å². The highest BCUT2D eigenvalue weighted by Crippen LogP contribution is 2.33. The minimum absolute atomic E-state index is 0.0861. The molecule has 12 heteroatoms. The first-order valence-corrected chi connectivity index (χ1v) is 10.2. The number of carbonyl (C=O) groups is 1. The minimum atomic E-state index is -4.58. The Morgan fingerprint density at radius 1 is 0.971 bits per heavy atom. The highest BCUT2D eigenvalue weighted by molar-refractivity contribution is 6.01. The predicted octanol–water partition coefficient (Wildman–Crippen LogP) is 5.60. The molecule has 0 bridgehead atoms. The van der Waals surface area contributed by atoms with Crippen LogP contribution in [0.2, 0.25) is 0 Å². The maximum absolute atomic E-state index is 13.2. The van der Waals surface area contributed by atoms with Gasteiger partial charge in [0, 0.05) is 11.8 Å². The summed E-state index contributed by atoms with van der Waals surface area (Å²) in [5.74, 6) is 1.13. The third-order valence-electron chi connectivity index (χ3n) is 4.98. The summed E-state index contributed by atoms with van der Waals surface area (Å²) in [5, 5.41) is 8.96. The summed E-state index contributed by atoms with van der Waals surface area (Å²) in [6.07, 6.45) is -0.438. The second-order valence-corrected chi connectivity index (χ2v) is 7.36. The van der Waals surface area contributed by atoms with E-state index in [0.717, 1.165) is 23.2 Å². The number of rotatable bonds is 5. The third kappa shape index (κ3) is 4.90. The fourth-order valence-corrected chi connectivity index (χ4v) is 3.35. The summed E-state index contributed by atoms with van der Waals surface area (Å²) in [6, 6.07) is 14.1. The van der Waals surface area contributed by atoms with Gasteiger partial charge < -0.3 is 20.4 Å². The monoisotopic (exact) mass is 479 g/mol. The van der Waals surface area contributed by atoms with Crippen LogP contribution in [0.5, 0.6) is 11.5 Å². The molecule has 176 valence electrons. The van der Waals surface area contributed by atoms with Crippen molar-refractivity contribution in [3.05, 3.63) is 85.2 Å². The molecule has 2 aromatic heterocycles. The van der Waals surface area contributed by atoms with Crippen LogP contribution < -0.4 is 15.4 Å². The van der Waals surface area contributed by atoms with Gasteiger partial charge in [-0.1, -0.05) is 0 Å². The summed E-state index contributed by atoms with van der Waals surface area (Å²) in [7, 11) is 0. The lowest BCUT2D eigenvalue weighted by Crippen LogP contribution is -2.21. The number of fused-ring (bicyclic) bond motifs is 1. The minimum Gasteiger partial charge on any atom is -0.457 e. The van der Waals surface area contributed by atoms with Gasteiger partial charge in [0.1, 0.15) is 24.2 Å². The van der Waals surface area contributed by atoms with E-state index in [-0.39, 0.29) is 11.4 Å². The van der Waals surface area contributed by atoms with Crippen molar-refractivity contribution >= 4 is 28.4 Å². The molecule has 0 atom stereocenters. The zero-order chi connectivity index (χ0) is 24.4.